The Balaban J connectivity index is 1.59. The first-order valence-electron chi connectivity index (χ1n) is 10.6. The molecule has 0 spiro atoms. The molecule has 0 fully saturated rings. The van der Waals surface area contributed by atoms with Gasteiger partial charge in [0.15, 0.2) is 5.16 Å². The van der Waals surface area contributed by atoms with Crippen molar-refractivity contribution in [2.45, 2.75) is 25.0 Å². The average Bonchev–Trinajstić information content (AvgIpc) is 3.20. The van der Waals surface area contributed by atoms with E-state index in [1.807, 2.05) is 6.92 Å². The Labute approximate surface area is 202 Å². The third-order valence-corrected chi connectivity index (χ3v) is 5.53. The molecule has 2 amide bonds. The number of anilines is 2. The minimum absolute atomic E-state index is 0.0324. The largest absolute Gasteiger partial charge is 0.497 e. The molecular formula is C24H27N5O4S. The number of nitrogens with zero attached hydrogens (tertiary/aromatic N) is 3. The number of rotatable bonds is 12. The Kier molecular flexibility index (Phi) is 9.10. The molecule has 1 aromatic heterocycles. The molecule has 0 atom stereocenters. The van der Waals surface area contributed by atoms with Gasteiger partial charge in [0.1, 0.15) is 17.3 Å². The molecular weight excluding hydrogens is 454 g/mol. The highest BCUT2D eigenvalue weighted by Gasteiger charge is 2.16. The van der Waals surface area contributed by atoms with Crippen molar-refractivity contribution in [2.24, 2.45) is 0 Å². The summed E-state index contributed by atoms with van der Waals surface area (Å²) in [5, 5.41) is 14.5. The third-order valence-electron chi connectivity index (χ3n) is 4.56. The van der Waals surface area contributed by atoms with Crippen LogP contribution < -0.4 is 20.1 Å². The van der Waals surface area contributed by atoms with Crippen LogP contribution in [0.25, 0.3) is 0 Å². The van der Waals surface area contributed by atoms with Crippen LogP contribution in [0.15, 0.2) is 66.3 Å². The minimum atomic E-state index is -0.228. The Hall–Kier alpha value is -3.79. The summed E-state index contributed by atoms with van der Waals surface area (Å²) in [6.45, 7) is 6.67. The number of allylic oxidation sites excluding steroid dienone is 1. The van der Waals surface area contributed by atoms with Crippen molar-refractivity contribution in [3.63, 3.8) is 0 Å². The zero-order chi connectivity index (χ0) is 24.3. The van der Waals surface area contributed by atoms with Gasteiger partial charge in [-0.2, -0.15) is 0 Å². The molecule has 9 nitrogen and oxygen atoms in total. The highest BCUT2D eigenvalue weighted by molar-refractivity contribution is 7.99. The number of benzene rings is 2. The molecule has 3 rings (SSSR count). The van der Waals surface area contributed by atoms with Crippen molar-refractivity contribution >= 4 is 35.0 Å². The summed E-state index contributed by atoms with van der Waals surface area (Å²) in [4.78, 5) is 24.9. The van der Waals surface area contributed by atoms with E-state index in [-0.39, 0.29) is 24.0 Å². The summed E-state index contributed by atoms with van der Waals surface area (Å²) in [6, 6.07) is 14.3. The predicted octanol–water partition coefficient (Wildman–Crippen LogP) is 3.78. The zero-order valence-corrected chi connectivity index (χ0v) is 19.9. The standard InChI is InChI=1S/C24H27N5O4S/c1-4-13-29-21(15-22(30)25-17-9-11-19(12-10-17)33-5-2)27-28-24(29)34-16-23(31)26-18-7-6-8-20(14-18)32-3/h4,6-12,14H,1,5,13,15-16H2,2-3H3,(H,25,30)(H,26,31). The van der Waals surface area contributed by atoms with Crippen molar-refractivity contribution in [3.05, 3.63) is 67.0 Å². The highest BCUT2D eigenvalue weighted by atomic mass is 32.2. The first-order valence-corrected chi connectivity index (χ1v) is 11.6. The number of carbonyl (C=O) groups excluding carboxylic acids is 2. The fourth-order valence-electron chi connectivity index (χ4n) is 3.05. The van der Waals surface area contributed by atoms with Crippen molar-refractivity contribution in [1.82, 2.24) is 14.8 Å². The summed E-state index contributed by atoms with van der Waals surface area (Å²) in [5.41, 5.74) is 1.30. The van der Waals surface area contributed by atoms with E-state index >= 15 is 0 Å². The Morgan fingerprint density at radius 2 is 1.82 bits per heavy atom. The van der Waals surface area contributed by atoms with Crippen molar-refractivity contribution in [1.29, 1.82) is 0 Å². The van der Waals surface area contributed by atoms with Gasteiger partial charge in [0.25, 0.3) is 0 Å². The number of thioether (sulfide) groups is 1. The monoisotopic (exact) mass is 481 g/mol. The van der Waals surface area contributed by atoms with Crippen LogP contribution in [-0.2, 0) is 22.6 Å². The van der Waals surface area contributed by atoms with E-state index in [4.69, 9.17) is 9.47 Å². The van der Waals surface area contributed by atoms with Gasteiger partial charge >= 0.3 is 0 Å². The molecule has 0 aliphatic carbocycles. The number of ether oxygens (including phenoxy) is 2. The SMILES string of the molecule is C=CCn1c(CC(=O)Nc2ccc(OCC)cc2)nnc1SCC(=O)Nc1cccc(OC)c1. The fraction of sp³-hybridized carbons (Fsp3) is 0.250. The van der Waals surface area contributed by atoms with Gasteiger partial charge in [0.2, 0.25) is 11.8 Å². The summed E-state index contributed by atoms with van der Waals surface area (Å²) in [6.07, 6.45) is 1.72. The number of methoxy groups -OCH3 is 1. The van der Waals surface area contributed by atoms with Gasteiger partial charge < -0.3 is 24.7 Å². The normalized spacial score (nSPS) is 10.4. The van der Waals surface area contributed by atoms with E-state index in [1.54, 1.807) is 66.3 Å². The molecule has 178 valence electrons. The van der Waals surface area contributed by atoms with Crippen LogP contribution in [0.3, 0.4) is 0 Å². The van der Waals surface area contributed by atoms with Gasteiger partial charge in [0.05, 0.1) is 25.9 Å². The van der Waals surface area contributed by atoms with Crippen LogP contribution in [-0.4, -0.2) is 46.0 Å². The number of hydrogen-bond acceptors (Lipinski definition) is 7. The molecule has 2 N–H and O–H groups in total. The van der Waals surface area contributed by atoms with Gasteiger partial charge in [-0.3, -0.25) is 9.59 Å². The molecule has 2 aromatic carbocycles. The summed E-state index contributed by atoms with van der Waals surface area (Å²) >= 11 is 1.24. The quantitative estimate of drug-likeness (QED) is 0.299. The van der Waals surface area contributed by atoms with E-state index in [2.05, 4.69) is 27.4 Å². The minimum Gasteiger partial charge on any atom is -0.497 e. The first kappa shape index (κ1) is 24.8. The first-order chi connectivity index (χ1) is 16.5. The second kappa shape index (κ2) is 12.4. The van der Waals surface area contributed by atoms with E-state index in [0.717, 1.165) is 5.75 Å². The van der Waals surface area contributed by atoms with Gasteiger partial charge in [-0.25, -0.2) is 0 Å². The molecule has 3 aromatic rings. The lowest BCUT2D eigenvalue weighted by Gasteiger charge is -2.09. The lowest BCUT2D eigenvalue weighted by molar-refractivity contribution is -0.116. The molecule has 34 heavy (non-hydrogen) atoms. The maximum Gasteiger partial charge on any atom is 0.234 e. The molecule has 0 aliphatic heterocycles. The summed E-state index contributed by atoms with van der Waals surface area (Å²) < 4.78 is 12.4. The molecule has 10 heteroatoms. The highest BCUT2D eigenvalue weighted by Crippen LogP contribution is 2.21. The molecule has 0 unspecified atom stereocenters. The number of nitrogens with one attached hydrogen (secondary N) is 2. The van der Waals surface area contributed by atoms with Gasteiger partial charge in [-0.1, -0.05) is 23.9 Å². The van der Waals surface area contributed by atoms with Crippen LogP contribution in [0, 0.1) is 0 Å². The van der Waals surface area contributed by atoms with Gasteiger partial charge in [-0.15, -0.1) is 16.8 Å². The molecule has 0 saturated heterocycles. The van der Waals surface area contributed by atoms with Crippen LogP contribution in [0.2, 0.25) is 0 Å². The van der Waals surface area contributed by atoms with E-state index < -0.39 is 0 Å². The second-order valence-corrected chi connectivity index (χ2v) is 7.99. The number of aromatic nitrogens is 3. The van der Waals surface area contributed by atoms with Crippen molar-refractivity contribution < 1.29 is 19.1 Å². The van der Waals surface area contributed by atoms with Crippen LogP contribution in [0.5, 0.6) is 11.5 Å². The lowest BCUT2D eigenvalue weighted by Crippen LogP contribution is -2.18. The van der Waals surface area contributed by atoms with Gasteiger partial charge in [-0.05, 0) is 43.3 Å². The predicted molar refractivity (Wildman–Crippen MR) is 133 cm³/mol. The van der Waals surface area contributed by atoms with Crippen molar-refractivity contribution in [2.75, 3.05) is 30.1 Å². The summed E-state index contributed by atoms with van der Waals surface area (Å²) in [7, 11) is 1.57. The number of carbonyl (C=O) groups is 2. The molecule has 1 heterocycles. The molecule has 0 saturated carbocycles. The van der Waals surface area contributed by atoms with E-state index in [0.29, 0.717) is 41.3 Å². The average molecular weight is 482 g/mol. The Bertz CT molecular complexity index is 1130. The van der Waals surface area contributed by atoms with Crippen LogP contribution in [0.1, 0.15) is 12.7 Å². The third kappa shape index (κ3) is 7.11. The smallest absolute Gasteiger partial charge is 0.234 e. The molecule has 0 aliphatic rings. The maximum absolute atomic E-state index is 12.5. The van der Waals surface area contributed by atoms with Crippen LogP contribution in [0.4, 0.5) is 11.4 Å². The lowest BCUT2D eigenvalue weighted by atomic mass is 10.3. The zero-order valence-electron chi connectivity index (χ0n) is 19.1. The van der Waals surface area contributed by atoms with E-state index in [1.165, 1.54) is 11.8 Å². The molecule has 0 radical (unpaired) electrons. The maximum atomic E-state index is 12.5. The Morgan fingerprint density at radius 1 is 1.06 bits per heavy atom. The molecule has 0 bridgehead atoms. The van der Waals surface area contributed by atoms with Gasteiger partial charge in [0, 0.05) is 24.0 Å². The second-order valence-electron chi connectivity index (χ2n) is 7.05. The number of hydrogen-bond donors (Lipinski definition) is 2. The van der Waals surface area contributed by atoms with Crippen LogP contribution >= 0.6 is 11.8 Å². The summed E-state index contributed by atoms with van der Waals surface area (Å²) in [5.74, 6) is 1.59. The Morgan fingerprint density at radius 3 is 2.53 bits per heavy atom. The van der Waals surface area contributed by atoms with E-state index in [9.17, 15) is 9.59 Å². The topological polar surface area (TPSA) is 107 Å². The van der Waals surface area contributed by atoms with Crippen molar-refractivity contribution in [3.8, 4) is 11.5 Å². The fourth-order valence-corrected chi connectivity index (χ4v) is 3.81. The number of amides is 2.